The van der Waals surface area contributed by atoms with Crippen molar-refractivity contribution in [3.05, 3.63) is 174 Å². The molecule has 0 radical (unpaired) electrons. The Balaban J connectivity index is 1.53. The molecule has 1 spiro atoms. The second-order valence-corrected chi connectivity index (χ2v) is 10.3. The predicted molar refractivity (Wildman–Crippen MR) is 162 cm³/mol. The molecule has 39 heavy (non-hydrogen) atoms. The number of pyridine rings is 1. The van der Waals surface area contributed by atoms with E-state index < -0.39 is 5.41 Å². The van der Waals surface area contributed by atoms with Crippen LogP contribution in [0.4, 0.5) is 17.1 Å². The van der Waals surface area contributed by atoms with E-state index in [1.165, 1.54) is 38.8 Å². The first-order valence-electron chi connectivity index (χ1n) is 13.5. The van der Waals surface area contributed by atoms with Crippen molar-refractivity contribution in [1.82, 2.24) is 4.98 Å². The highest BCUT2D eigenvalue weighted by atomic mass is 15.2. The number of rotatable bonds is 2. The molecule has 0 saturated heterocycles. The van der Waals surface area contributed by atoms with Gasteiger partial charge in [-0.3, -0.25) is 4.98 Å². The lowest BCUT2D eigenvalue weighted by Crippen LogP contribution is -2.62. The van der Waals surface area contributed by atoms with Gasteiger partial charge >= 0.3 is 0 Å². The number of hydrogen-bond acceptors (Lipinski definition) is 2. The van der Waals surface area contributed by atoms with Crippen LogP contribution in [0.1, 0.15) is 22.4 Å². The van der Waals surface area contributed by atoms with Crippen molar-refractivity contribution in [3.63, 3.8) is 0 Å². The normalized spacial score (nSPS) is 14.3. The van der Waals surface area contributed by atoms with Gasteiger partial charge in [0.1, 0.15) is 0 Å². The maximum Gasteiger partial charge on any atom is 0.242 e. The summed E-state index contributed by atoms with van der Waals surface area (Å²) in [6.07, 6.45) is 1.95. The topological polar surface area (TPSA) is 16.1 Å². The molecule has 182 valence electrons. The first kappa shape index (κ1) is 22.1. The first-order valence-corrected chi connectivity index (χ1v) is 13.5. The minimum absolute atomic E-state index is 0.149. The SMILES string of the molecule is c1ccc(B2c3ccccc3C3(c4ccccc42)c2ccccc2N(c2ccccc2)c2cccnc23)cc1. The summed E-state index contributed by atoms with van der Waals surface area (Å²) >= 11 is 0. The van der Waals surface area contributed by atoms with E-state index in [0.717, 1.165) is 17.1 Å². The molecule has 8 rings (SSSR count). The van der Waals surface area contributed by atoms with Crippen molar-refractivity contribution in [2.24, 2.45) is 0 Å². The van der Waals surface area contributed by atoms with Crippen molar-refractivity contribution < 1.29 is 0 Å². The molecular formula is C36H25BN2. The van der Waals surface area contributed by atoms with Gasteiger partial charge < -0.3 is 4.90 Å². The molecule has 0 aliphatic carbocycles. The summed E-state index contributed by atoms with van der Waals surface area (Å²) in [5.74, 6) is 0. The molecule has 3 heteroatoms. The summed E-state index contributed by atoms with van der Waals surface area (Å²) in [4.78, 5) is 7.60. The molecule has 2 nitrogen and oxygen atoms in total. The van der Waals surface area contributed by atoms with Crippen LogP contribution < -0.4 is 21.3 Å². The quantitative estimate of drug-likeness (QED) is 0.270. The molecule has 0 atom stereocenters. The Labute approximate surface area is 229 Å². The largest absolute Gasteiger partial charge is 0.308 e. The second kappa shape index (κ2) is 8.57. The molecule has 6 aromatic rings. The van der Waals surface area contributed by atoms with Gasteiger partial charge in [0.05, 0.1) is 22.5 Å². The number of anilines is 3. The fourth-order valence-corrected chi connectivity index (χ4v) is 7.01. The van der Waals surface area contributed by atoms with Crippen LogP contribution in [0.15, 0.2) is 152 Å². The van der Waals surface area contributed by atoms with Crippen LogP contribution in [0, 0.1) is 0 Å². The van der Waals surface area contributed by atoms with Gasteiger partial charge in [-0.15, -0.1) is 0 Å². The fraction of sp³-hybridized carbons (Fsp3) is 0.0278. The third-order valence-electron chi connectivity index (χ3n) is 8.43. The number of fused-ring (bicyclic) bond motifs is 8. The maximum absolute atomic E-state index is 5.22. The van der Waals surface area contributed by atoms with E-state index in [1.807, 2.05) is 6.20 Å². The summed E-state index contributed by atoms with van der Waals surface area (Å²) < 4.78 is 0. The van der Waals surface area contributed by atoms with Gasteiger partial charge in [-0.25, -0.2) is 0 Å². The zero-order valence-electron chi connectivity index (χ0n) is 21.4. The summed E-state index contributed by atoms with van der Waals surface area (Å²) in [5.41, 5.74) is 11.8. The average molecular weight is 496 g/mol. The Kier molecular flexibility index (Phi) is 4.87. The van der Waals surface area contributed by atoms with Gasteiger partial charge in [0, 0.05) is 11.9 Å². The maximum atomic E-state index is 5.22. The Bertz CT molecular complexity index is 1600. The number of hydrogen-bond donors (Lipinski definition) is 0. The van der Waals surface area contributed by atoms with Crippen LogP contribution in [0.2, 0.25) is 0 Å². The third kappa shape index (κ3) is 3.02. The van der Waals surface area contributed by atoms with Crippen LogP contribution in [-0.2, 0) is 5.41 Å². The molecule has 2 aliphatic rings. The predicted octanol–water partition coefficient (Wildman–Crippen LogP) is 6.08. The second-order valence-electron chi connectivity index (χ2n) is 10.3. The van der Waals surface area contributed by atoms with E-state index >= 15 is 0 Å². The number of aromatic nitrogens is 1. The van der Waals surface area contributed by atoms with E-state index in [9.17, 15) is 0 Å². The molecular weight excluding hydrogens is 471 g/mol. The van der Waals surface area contributed by atoms with Crippen LogP contribution in [-0.4, -0.2) is 11.7 Å². The molecule has 5 aromatic carbocycles. The lowest BCUT2D eigenvalue weighted by Gasteiger charge is -2.49. The molecule has 3 heterocycles. The van der Waals surface area contributed by atoms with E-state index in [2.05, 4.69) is 150 Å². The summed E-state index contributed by atoms with van der Waals surface area (Å²) in [5, 5.41) is 0. The molecule has 1 aromatic heterocycles. The molecule has 0 fully saturated rings. The summed E-state index contributed by atoms with van der Waals surface area (Å²) in [7, 11) is 0. The van der Waals surface area contributed by atoms with Gasteiger partial charge in [-0.05, 0) is 47.0 Å². The van der Waals surface area contributed by atoms with Crippen molar-refractivity contribution in [1.29, 1.82) is 0 Å². The van der Waals surface area contributed by atoms with Gasteiger partial charge in [0.15, 0.2) is 0 Å². The Morgan fingerprint density at radius 3 is 1.72 bits per heavy atom. The summed E-state index contributed by atoms with van der Waals surface area (Å²) in [6, 6.07) is 52.8. The van der Waals surface area contributed by atoms with Gasteiger partial charge in [-0.1, -0.05) is 132 Å². The van der Waals surface area contributed by atoms with E-state index in [-0.39, 0.29) is 6.71 Å². The van der Waals surface area contributed by atoms with E-state index in [1.54, 1.807) is 0 Å². The smallest absolute Gasteiger partial charge is 0.242 e. The van der Waals surface area contributed by atoms with Gasteiger partial charge in [0.25, 0.3) is 0 Å². The standard InChI is InChI=1S/C36H25BN2/c1-3-14-26(15-4-1)37-31-21-10-7-18-28(31)36(29-19-8-11-22-32(29)37)30-20-9-12-23-33(30)39(27-16-5-2-6-17-27)34-24-13-25-38-35(34)36/h1-25H. The van der Waals surface area contributed by atoms with Crippen LogP contribution in [0.25, 0.3) is 0 Å². The molecule has 0 amide bonds. The van der Waals surface area contributed by atoms with Gasteiger partial charge in [0.2, 0.25) is 6.71 Å². The number of para-hydroxylation sites is 2. The third-order valence-corrected chi connectivity index (χ3v) is 8.43. The molecule has 2 aliphatic heterocycles. The average Bonchev–Trinajstić information content (AvgIpc) is 3.02. The summed E-state index contributed by atoms with van der Waals surface area (Å²) in [6.45, 7) is 0.149. The molecule has 0 unspecified atom stereocenters. The zero-order chi connectivity index (χ0) is 25.8. The van der Waals surface area contributed by atoms with E-state index in [4.69, 9.17) is 4.98 Å². The van der Waals surface area contributed by atoms with E-state index in [0.29, 0.717) is 0 Å². The monoisotopic (exact) mass is 496 g/mol. The minimum Gasteiger partial charge on any atom is -0.308 e. The van der Waals surface area contributed by atoms with Crippen LogP contribution >= 0.6 is 0 Å². The van der Waals surface area contributed by atoms with Crippen molar-refractivity contribution >= 4 is 40.2 Å². The lowest BCUT2D eigenvalue weighted by molar-refractivity contribution is 0.706. The fourth-order valence-electron chi connectivity index (χ4n) is 7.01. The first-order chi connectivity index (χ1) is 19.4. The Morgan fingerprint density at radius 1 is 0.487 bits per heavy atom. The molecule has 0 saturated carbocycles. The Morgan fingerprint density at radius 2 is 1.03 bits per heavy atom. The van der Waals surface area contributed by atoms with Gasteiger partial charge in [-0.2, -0.15) is 0 Å². The van der Waals surface area contributed by atoms with Crippen molar-refractivity contribution in [2.45, 2.75) is 5.41 Å². The van der Waals surface area contributed by atoms with Crippen LogP contribution in [0.3, 0.4) is 0 Å². The Hall–Kier alpha value is -4.89. The lowest BCUT2D eigenvalue weighted by atomic mass is 9.30. The molecule has 0 bridgehead atoms. The van der Waals surface area contributed by atoms with Crippen molar-refractivity contribution in [2.75, 3.05) is 4.90 Å². The molecule has 0 N–H and O–H groups in total. The minimum atomic E-state index is -0.545. The van der Waals surface area contributed by atoms with Crippen LogP contribution in [0.5, 0.6) is 0 Å². The number of nitrogens with zero attached hydrogens (tertiary/aromatic N) is 2. The highest BCUT2D eigenvalue weighted by Crippen LogP contribution is 2.56. The van der Waals surface area contributed by atoms with Crippen molar-refractivity contribution in [3.8, 4) is 0 Å². The highest BCUT2D eigenvalue weighted by Gasteiger charge is 2.53. The highest BCUT2D eigenvalue weighted by molar-refractivity contribution is 6.96. The zero-order valence-corrected chi connectivity index (χ0v) is 21.4. The number of benzene rings is 5.